The van der Waals surface area contributed by atoms with Crippen LogP contribution in [-0.2, 0) is 9.59 Å². The van der Waals surface area contributed by atoms with Crippen molar-refractivity contribution in [2.75, 3.05) is 49.6 Å². The SMILES string of the molecule is COc1cccc(N2CC(C(=O)N3CCN(c4ccc(-n5cccc5)nn4)CC3)CC2=O)c1. The maximum absolute atomic E-state index is 13.1. The van der Waals surface area contributed by atoms with Crippen molar-refractivity contribution in [3.8, 4) is 11.6 Å². The minimum Gasteiger partial charge on any atom is -0.497 e. The number of ether oxygens (including phenoxy) is 1. The van der Waals surface area contributed by atoms with Crippen molar-refractivity contribution in [1.82, 2.24) is 19.7 Å². The van der Waals surface area contributed by atoms with E-state index in [0.717, 1.165) is 17.3 Å². The lowest BCUT2D eigenvalue weighted by molar-refractivity contribution is -0.136. The molecule has 0 saturated carbocycles. The Balaban J connectivity index is 1.18. The average molecular weight is 447 g/mol. The van der Waals surface area contributed by atoms with Crippen molar-refractivity contribution in [3.05, 3.63) is 60.9 Å². The van der Waals surface area contributed by atoms with Gasteiger partial charge in [0.2, 0.25) is 11.8 Å². The van der Waals surface area contributed by atoms with Crippen LogP contribution in [0.25, 0.3) is 5.82 Å². The average Bonchev–Trinajstić information content (AvgIpc) is 3.54. The van der Waals surface area contributed by atoms with E-state index in [9.17, 15) is 9.59 Å². The smallest absolute Gasteiger partial charge is 0.228 e. The molecular formula is C24H26N6O3. The maximum atomic E-state index is 13.1. The van der Waals surface area contributed by atoms with Gasteiger partial charge in [0.05, 0.1) is 13.0 Å². The number of rotatable bonds is 5. The minimum atomic E-state index is -0.323. The van der Waals surface area contributed by atoms with Crippen LogP contribution in [0.15, 0.2) is 60.9 Å². The minimum absolute atomic E-state index is 0.0294. The summed E-state index contributed by atoms with van der Waals surface area (Å²) in [5.74, 6) is 1.95. The van der Waals surface area contributed by atoms with Gasteiger partial charge < -0.3 is 24.0 Å². The van der Waals surface area contributed by atoms with Crippen LogP contribution in [0, 0.1) is 5.92 Å². The molecule has 2 amide bonds. The van der Waals surface area contributed by atoms with Crippen molar-refractivity contribution < 1.29 is 14.3 Å². The molecule has 9 nitrogen and oxygen atoms in total. The number of aromatic nitrogens is 3. The molecule has 33 heavy (non-hydrogen) atoms. The molecule has 0 bridgehead atoms. The lowest BCUT2D eigenvalue weighted by Crippen LogP contribution is -2.51. The summed E-state index contributed by atoms with van der Waals surface area (Å²) < 4.78 is 7.17. The Labute approximate surface area is 192 Å². The van der Waals surface area contributed by atoms with Crippen molar-refractivity contribution in [2.45, 2.75) is 6.42 Å². The van der Waals surface area contributed by atoms with Crippen LogP contribution in [0.5, 0.6) is 5.75 Å². The van der Waals surface area contributed by atoms with E-state index in [2.05, 4.69) is 15.1 Å². The molecule has 0 spiro atoms. The molecule has 170 valence electrons. The Kier molecular flexibility index (Phi) is 5.68. The third-order valence-corrected chi connectivity index (χ3v) is 6.26. The molecule has 4 heterocycles. The third-order valence-electron chi connectivity index (χ3n) is 6.26. The largest absolute Gasteiger partial charge is 0.497 e. The fourth-order valence-corrected chi connectivity index (χ4v) is 4.43. The van der Waals surface area contributed by atoms with Crippen LogP contribution in [0.3, 0.4) is 0 Å². The van der Waals surface area contributed by atoms with Crippen molar-refractivity contribution in [3.63, 3.8) is 0 Å². The van der Waals surface area contributed by atoms with E-state index in [1.54, 1.807) is 12.0 Å². The number of amides is 2. The Morgan fingerprint density at radius 2 is 1.70 bits per heavy atom. The Morgan fingerprint density at radius 1 is 0.970 bits per heavy atom. The van der Waals surface area contributed by atoms with Gasteiger partial charge in [0.25, 0.3) is 0 Å². The standard InChI is InChI=1S/C24H26N6O3/c1-33-20-6-4-5-19(16-20)30-17-18(15-23(30)31)24(32)29-13-11-28(12-14-29)22-8-7-21(25-26-22)27-9-2-3-10-27/h2-10,16,18H,11-15,17H2,1H3. The molecule has 3 aromatic rings. The van der Waals surface area contributed by atoms with Crippen LogP contribution in [0.2, 0.25) is 0 Å². The first-order valence-corrected chi connectivity index (χ1v) is 11.1. The van der Waals surface area contributed by atoms with Gasteiger partial charge in [-0.05, 0) is 36.4 Å². The Bertz CT molecular complexity index is 1120. The monoisotopic (exact) mass is 446 g/mol. The number of piperazine rings is 1. The summed E-state index contributed by atoms with van der Waals surface area (Å²) in [5.41, 5.74) is 0.765. The normalized spacial score (nSPS) is 18.6. The van der Waals surface area contributed by atoms with Gasteiger partial charge in [0, 0.05) is 63.3 Å². The fourth-order valence-electron chi connectivity index (χ4n) is 4.43. The predicted octanol–water partition coefficient (Wildman–Crippen LogP) is 1.98. The van der Waals surface area contributed by atoms with Gasteiger partial charge in [-0.2, -0.15) is 0 Å². The molecule has 2 saturated heterocycles. The van der Waals surface area contributed by atoms with Crippen molar-refractivity contribution >= 4 is 23.3 Å². The zero-order valence-corrected chi connectivity index (χ0v) is 18.5. The van der Waals surface area contributed by atoms with E-state index < -0.39 is 0 Å². The van der Waals surface area contributed by atoms with Gasteiger partial charge in [-0.25, -0.2) is 0 Å². The van der Waals surface area contributed by atoms with Gasteiger partial charge in [0.1, 0.15) is 5.75 Å². The molecule has 2 aliphatic rings. The number of nitrogens with zero attached hydrogens (tertiary/aromatic N) is 6. The molecule has 2 fully saturated rings. The lowest BCUT2D eigenvalue weighted by atomic mass is 10.1. The molecule has 2 aromatic heterocycles. The molecule has 0 aliphatic carbocycles. The second-order valence-electron chi connectivity index (χ2n) is 8.26. The first kappa shape index (κ1) is 21.0. The molecule has 1 aromatic carbocycles. The maximum Gasteiger partial charge on any atom is 0.228 e. The highest BCUT2D eigenvalue weighted by atomic mass is 16.5. The van der Waals surface area contributed by atoms with E-state index in [1.165, 1.54) is 0 Å². The number of methoxy groups -OCH3 is 1. The van der Waals surface area contributed by atoms with E-state index in [-0.39, 0.29) is 24.2 Å². The predicted molar refractivity (Wildman–Crippen MR) is 124 cm³/mol. The zero-order valence-electron chi connectivity index (χ0n) is 18.5. The summed E-state index contributed by atoms with van der Waals surface area (Å²) in [6.45, 7) is 2.97. The van der Waals surface area contributed by atoms with E-state index >= 15 is 0 Å². The van der Waals surface area contributed by atoms with Gasteiger partial charge in [-0.1, -0.05) is 6.07 Å². The lowest BCUT2D eigenvalue weighted by Gasteiger charge is -2.36. The first-order chi connectivity index (χ1) is 16.1. The van der Waals surface area contributed by atoms with E-state index in [1.807, 2.05) is 70.4 Å². The number of carbonyl (C=O) groups is 2. The summed E-state index contributed by atoms with van der Waals surface area (Å²) in [4.78, 5) is 31.4. The van der Waals surface area contributed by atoms with E-state index in [0.29, 0.717) is 38.5 Å². The fraction of sp³-hybridized carbons (Fsp3) is 0.333. The van der Waals surface area contributed by atoms with Crippen LogP contribution in [0.4, 0.5) is 11.5 Å². The van der Waals surface area contributed by atoms with Crippen LogP contribution in [0.1, 0.15) is 6.42 Å². The van der Waals surface area contributed by atoms with Crippen LogP contribution >= 0.6 is 0 Å². The topological polar surface area (TPSA) is 83.8 Å². The molecule has 5 rings (SSSR count). The number of hydrogen-bond donors (Lipinski definition) is 0. The quantitative estimate of drug-likeness (QED) is 0.596. The highest BCUT2D eigenvalue weighted by Gasteiger charge is 2.38. The first-order valence-electron chi connectivity index (χ1n) is 11.1. The number of benzene rings is 1. The van der Waals surface area contributed by atoms with Gasteiger partial charge >= 0.3 is 0 Å². The Hall–Kier alpha value is -3.88. The van der Waals surface area contributed by atoms with Gasteiger partial charge in [-0.3, -0.25) is 9.59 Å². The molecule has 0 radical (unpaired) electrons. The summed E-state index contributed by atoms with van der Waals surface area (Å²) in [6.07, 6.45) is 4.09. The van der Waals surface area contributed by atoms with Gasteiger partial charge in [-0.15, -0.1) is 10.2 Å². The summed E-state index contributed by atoms with van der Waals surface area (Å²) in [7, 11) is 1.60. The molecule has 2 aliphatic heterocycles. The molecular weight excluding hydrogens is 420 g/mol. The summed E-state index contributed by atoms with van der Waals surface area (Å²) in [6, 6.07) is 15.2. The van der Waals surface area contributed by atoms with Gasteiger partial charge in [0.15, 0.2) is 11.6 Å². The number of anilines is 2. The third kappa shape index (κ3) is 4.26. The summed E-state index contributed by atoms with van der Waals surface area (Å²) in [5, 5.41) is 8.67. The number of hydrogen-bond acceptors (Lipinski definition) is 6. The van der Waals surface area contributed by atoms with Crippen molar-refractivity contribution in [2.24, 2.45) is 5.92 Å². The molecule has 9 heteroatoms. The highest BCUT2D eigenvalue weighted by molar-refractivity contribution is 6.00. The highest BCUT2D eigenvalue weighted by Crippen LogP contribution is 2.29. The second kappa shape index (κ2) is 8.93. The van der Waals surface area contributed by atoms with Crippen LogP contribution < -0.4 is 14.5 Å². The van der Waals surface area contributed by atoms with Crippen LogP contribution in [-0.4, -0.2) is 71.3 Å². The molecule has 1 atom stereocenters. The molecule has 1 unspecified atom stereocenters. The number of carbonyl (C=O) groups excluding carboxylic acids is 2. The Morgan fingerprint density at radius 3 is 2.39 bits per heavy atom. The molecule has 0 N–H and O–H groups in total. The van der Waals surface area contributed by atoms with E-state index in [4.69, 9.17) is 4.74 Å². The zero-order chi connectivity index (χ0) is 22.8. The van der Waals surface area contributed by atoms with Crippen molar-refractivity contribution in [1.29, 1.82) is 0 Å². The second-order valence-corrected chi connectivity index (χ2v) is 8.26. The summed E-state index contributed by atoms with van der Waals surface area (Å²) >= 11 is 0.